The highest BCUT2D eigenvalue weighted by molar-refractivity contribution is 5.88. The summed E-state index contributed by atoms with van der Waals surface area (Å²) < 4.78 is 11.5. The van der Waals surface area contributed by atoms with Crippen LogP contribution in [0.2, 0.25) is 0 Å². The number of aliphatic hydroxyl groups is 2. The van der Waals surface area contributed by atoms with Gasteiger partial charge in [-0.2, -0.15) is 0 Å². The van der Waals surface area contributed by atoms with Crippen molar-refractivity contribution in [2.75, 3.05) is 6.61 Å². The lowest BCUT2D eigenvalue weighted by Crippen LogP contribution is -2.48. The van der Waals surface area contributed by atoms with Crippen molar-refractivity contribution >= 4 is 17.8 Å². The molecular formula is C29H42N2O6. The van der Waals surface area contributed by atoms with Gasteiger partial charge in [-0.1, -0.05) is 39.3 Å². The highest BCUT2D eigenvalue weighted by Gasteiger charge is 2.52. The third-order valence-electron chi connectivity index (χ3n) is 8.47. The van der Waals surface area contributed by atoms with Crippen LogP contribution in [0.5, 0.6) is 0 Å². The number of fused-ring (bicyclic) bond motifs is 1. The monoisotopic (exact) mass is 514 g/mol. The third kappa shape index (κ3) is 7.05. The molecule has 1 amide bonds. The van der Waals surface area contributed by atoms with Crippen LogP contribution >= 0.6 is 0 Å². The Morgan fingerprint density at radius 1 is 1.22 bits per heavy atom. The van der Waals surface area contributed by atoms with Crippen LogP contribution in [-0.4, -0.2) is 69.6 Å². The highest BCUT2D eigenvalue weighted by atomic mass is 16.6. The largest absolute Gasteiger partial charge is 0.392 e. The van der Waals surface area contributed by atoms with Gasteiger partial charge in [-0.25, -0.2) is 0 Å². The number of carbonyl (C=O) groups excluding carboxylic acids is 2. The average Bonchev–Trinajstić information content (AvgIpc) is 3.78. The van der Waals surface area contributed by atoms with Gasteiger partial charge in [0.25, 0.3) is 0 Å². The van der Waals surface area contributed by atoms with E-state index in [1.165, 1.54) is 0 Å². The Hall–Kier alpha value is -2.13. The number of rotatable bonds is 4. The summed E-state index contributed by atoms with van der Waals surface area (Å²) in [5.74, 6) is -1.31. The van der Waals surface area contributed by atoms with Crippen LogP contribution in [0.1, 0.15) is 71.9 Å². The second-order valence-electron chi connectivity index (χ2n) is 11.9. The molecule has 1 aromatic heterocycles. The Labute approximate surface area is 219 Å². The van der Waals surface area contributed by atoms with Gasteiger partial charge in [0.05, 0.1) is 60.2 Å². The normalized spacial score (nSPS) is 39.1. The van der Waals surface area contributed by atoms with Crippen molar-refractivity contribution in [3.63, 3.8) is 0 Å². The molecule has 0 aliphatic carbocycles. The van der Waals surface area contributed by atoms with Gasteiger partial charge in [0.2, 0.25) is 5.91 Å². The molecule has 37 heavy (non-hydrogen) atoms. The smallest absolute Gasteiger partial charge is 0.223 e. The minimum atomic E-state index is -1.20. The number of hydrogen-bond donors (Lipinski definition) is 3. The van der Waals surface area contributed by atoms with E-state index in [0.29, 0.717) is 19.4 Å². The molecule has 0 bridgehead atoms. The van der Waals surface area contributed by atoms with Crippen LogP contribution in [0.15, 0.2) is 30.5 Å². The van der Waals surface area contributed by atoms with Crippen molar-refractivity contribution in [2.45, 2.75) is 102 Å². The maximum atomic E-state index is 13.7. The van der Waals surface area contributed by atoms with Crippen LogP contribution in [0.4, 0.5) is 0 Å². The van der Waals surface area contributed by atoms with Gasteiger partial charge >= 0.3 is 0 Å². The number of epoxide rings is 2. The highest BCUT2D eigenvalue weighted by Crippen LogP contribution is 2.44. The van der Waals surface area contributed by atoms with E-state index in [-0.39, 0.29) is 47.9 Å². The van der Waals surface area contributed by atoms with E-state index in [9.17, 15) is 19.8 Å². The molecule has 3 aliphatic rings. The fourth-order valence-electron chi connectivity index (χ4n) is 5.48. The quantitative estimate of drug-likeness (QED) is 0.528. The van der Waals surface area contributed by atoms with Crippen molar-refractivity contribution in [2.24, 2.45) is 17.3 Å². The summed E-state index contributed by atoms with van der Waals surface area (Å²) >= 11 is 0. The van der Waals surface area contributed by atoms with Gasteiger partial charge < -0.3 is 25.0 Å². The van der Waals surface area contributed by atoms with Crippen LogP contribution in [-0.2, 0) is 19.1 Å². The lowest BCUT2D eigenvalue weighted by molar-refractivity contribution is -0.144. The van der Waals surface area contributed by atoms with Crippen LogP contribution in [0.3, 0.4) is 0 Å². The van der Waals surface area contributed by atoms with Crippen LogP contribution in [0.25, 0.3) is 6.08 Å². The Balaban J connectivity index is 1.55. The van der Waals surface area contributed by atoms with Crippen molar-refractivity contribution < 1.29 is 29.3 Å². The molecule has 1 aromatic rings. The van der Waals surface area contributed by atoms with E-state index < -0.39 is 23.5 Å². The number of ether oxygens (including phenoxy) is 2. The number of aromatic nitrogens is 1. The first-order valence-electron chi connectivity index (χ1n) is 13.6. The van der Waals surface area contributed by atoms with E-state index in [4.69, 9.17) is 9.47 Å². The van der Waals surface area contributed by atoms with Crippen molar-refractivity contribution in [3.8, 4) is 0 Å². The fourth-order valence-corrected chi connectivity index (χ4v) is 5.48. The number of hydrogen-bond acceptors (Lipinski definition) is 7. The SMILES string of the molecule is C[C@H]1CCCC2(C)OC2C[C@@H](C=Cc2ccccn2)NC(=O)C[C@H](O)C(C)(C)C(=O)[C@H](CC2CO2)[C@@H]1O. The van der Waals surface area contributed by atoms with Crippen LogP contribution < -0.4 is 5.32 Å². The molecule has 3 unspecified atom stereocenters. The summed E-state index contributed by atoms with van der Waals surface area (Å²) in [6, 6.07) is 5.34. The Bertz CT molecular complexity index is 978. The summed E-state index contributed by atoms with van der Waals surface area (Å²) in [4.78, 5) is 31.0. The van der Waals surface area contributed by atoms with E-state index in [1.54, 1.807) is 20.0 Å². The summed E-state index contributed by atoms with van der Waals surface area (Å²) in [7, 11) is 0. The lowest BCUT2D eigenvalue weighted by atomic mass is 9.71. The van der Waals surface area contributed by atoms with Gasteiger partial charge in [-0.3, -0.25) is 14.6 Å². The number of amides is 1. The molecule has 3 aliphatic heterocycles. The minimum absolute atomic E-state index is 0.00187. The first-order valence-corrected chi connectivity index (χ1v) is 13.6. The van der Waals surface area contributed by atoms with Crippen molar-refractivity contribution in [3.05, 3.63) is 36.2 Å². The number of nitrogens with one attached hydrogen (secondary N) is 1. The summed E-state index contributed by atoms with van der Waals surface area (Å²) in [6.07, 6.45) is 6.72. The molecule has 0 spiro atoms. The average molecular weight is 515 g/mol. The molecule has 3 N–H and O–H groups in total. The molecular weight excluding hydrogens is 472 g/mol. The first-order chi connectivity index (χ1) is 17.5. The van der Waals surface area contributed by atoms with Gasteiger partial charge in [0.1, 0.15) is 5.78 Å². The third-order valence-corrected chi connectivity index (χ3v) is 8.47. The van der Waals surface area contributed by atoms with Crippen molar-refractivity contribution in [1.82, 2.24) is 10.3 Å². The number of carbonyl (C=O) groups is 2. The summed E-state index contributed by atoms with van der Waals surface area (Å²) in [6.45, 7) is 7.98. The zero-order valence-corrected chi connectivity index (χ0v) is 22.4. The van der Waals surface area contributed by atoms with E-state index in [2.05, 4.69) is 17.2 Å². The van der Waals surface area contributed by atoms with Gasteiger partial charge in [-0.15, -0.1) is 0 Å². The Morgan fingerprint density at radius 3 is 2.65 bits per heavy atom. The van der Waals surface area contributed by atoms with Crippen LogP contribution in [0, 0.1) is 17.3 Å². The Morgan fingerprint density at radius 2 is 1.97 bits per heavy atom. The molecule has 8 atom stereocenters. The zero-order valence-electron chi connectivity index (χ0n) is 22.4. The fraction of sp³-hybridized carbons (Fsp3) is 0.690. The van der Waals surface area contributed by atoms with Gasteiger partial charge in [0, 0.05) is 18.5 Å². The molecule has 204 valence electrons. The molecule has 0 radical (unpaired) electrons. The van der Waals surface area contributed by atoms with E-state index in [1.807, 2.05) is 37.3 Å². The number of pyridine rings is 1. The van der Waals surface area contributed by atoms with Gasteiger partial charge in [-0.05, 0) is 50.3 Å². The maximum Gasteiger partial charge on any atom is 0.223 e. The van der Waals surface area contributed by atoms with Crippen molar-refractivity contribution in [1.29, 1.82) is 0 Å². The number of aliphatic hydroxyl groups excluding tert-OH is 2. The predicted molar refractivity (Wildman–Crippen MR) is 139 cm³/mol. The molecule has 3 fully saturated rings. The molecule has 0 aromatic carbocycles. The summed E-state index contributed by atoms with van der Waals surface area (Å²) in [5, 5.41) is 25.3. The lowest BCUT2D eigenvalue weighted by Gasteiger charge is -2.36. The Kier molecular flexibility index (Phi) is 8.53. The van der Waals surface area contributed by atoms with Gasteiger partial charge in [0.15, 0.2) is 0 Å². The molecule has 8 heteroatoms. The zero-order chi connectivity index (χ0) is 26.8. The molecule has 3 saturated heterocycles. The molecule has 4 rings (SSSR count). The number of Topliss-reactive ketones (excluding diaryl/α,β-unsaturated/α-hetero) is 1. The molecule has 4 heterocycles. The minimum Gasteiger partial charge on any atom is -0.392 e. The second-order valence-corrected chi connectivity index (χ2v) is 11.9. The topological polar surface area (TPSA) is 125 Å². The van der Waals surface area contributed by atoms with E-state index >= 15 is 0 Å². The standard InChI is InChI=1S/C29H42N2O6/c1-18-8-7-12-29(4)24(37-29)14-20(11-10-19-9-5-6-13-30-19)31-25(33)16-23(32)28(2,3)27(35)22(26(18)34)15-21-17-36-21/h5-6,9-11,13,18,20-24,26,32,34H,7-8,12,14-17H2,1-4H3,(H,31,33)/t18-,20+,21?,22+,23-,24?,26+,29?/m0/s1. The van der Waals surface area contributed by atoms with E-state index in [0.717, 1.165) is 25.0 Å². The summed E-state index contributed by atoms with van der Waals surface area (Å²) in [5.41, 5.74) is -0.692. The maximum absolute atomic E-state index is 13.7. The molecule has 0 saturated carbocycles. The number of ketones is 1. The second kappa shape index (κ2) is 11.3. The first kappa shape index (κ1) is 27.9. The number of nitrogens with zero attached hydrogens (tertiary/aromatic N) is 1. The predicted octanol–water partition coefficient (Wildman–Crippen LogP) is 3.06. The molecule has 8 nitrogen and oxygen atoms in total.